The first-order valence-corrected chi connectivity index (χ1v) is 9.81. The van der Waals surface area contributed by atoms with Gasteiger partial charge in [0, 0.05) is 44.2 Å². The van der Waals surface area contributed by atoms with Crippen molar-refractivity contribution in [2.75, 3.05) is 13.1 Å². The van der Waals surface area contributed by atoms with Gasteiger partial charge in [0.1, 0.15) is 12.0 Å². The maximum Gasteiger partial charge on any atom is 0.417 e. The Morgan fingerprint density at radius 3 is 2.78 bits per heavy atom. The van der Waals surface area contributed by atoms with Gasteiger partial charge in [0.25, 0.3) is 0 Å². The molecule has 2 aromatic carbocycles. The van der Waals surface area contributed by atoms with Gasteiger partial charge in [-0.25, -0.2) is 0 Å². The first-order chi connectivity index (χ1) is 15.1. The summed E-state index contributed by atoms with van der Waals surface area (Å²) in [5.41, 5.74) is 0.0539. The molecule has 1 aliphatic heterocycles. The third-order valence-electron chi connectivity index (χ3n) is 4.37. The molecule has 168 valence electrons. The molecule has 0 bridgehead atoms. The summed E-state index contributed by atoms with van der Waals surface area (Å²) in [4.78, 5) is 17.1. The molecule has 0 atom stereocenters. The molecule has 3 rings (SSSR count). The minimum atomic E-state index is -4.58. The maximum atomic E-state index is 13.1. The smallest absolute Gasteiger partial charge is 0.417 e. The van der Waals surface area contributed by atoms with Crippen molar-refractivity contribution in [3.63, 3.8) is 0 Å². The Kier molecular flexibility index (Phi) is 7.09. The topological polar surface area (TPSA) is 74.2 Å². The van der Waals surface area contributed by atoms with Gasteiger partial charge in [0.2, 0.25) is 5.91 Å². The predicted molar refractivity (Wildman–Crippen MR) is 115 cm³/mol. The van der Waals surface area contributed by atoms with Crippen molar-refractivity contribution >= 4 is 35.2 Å². The first-order valence-electron chi connectivity index (χ1n) is 9.43. The highest BCUT2D eigenvalue weighted by Gasteiger charge is 2.33. The molecular formula is C22H19ClF3N3O3. The van der Waals surface area contributed by atoms with Crippen molar-refractivity contribution in [1.82, 2.24) is 10.2 Å². The van der Waals surface area contributed by atoms with Gasteiger partial charge in [0.15, 0.2) is 5.76 Å². The Morgan fingerprint density at radius 2 is 2.06 bits per heavy atom. The zero-order valence-corrected chi connectivity index (χ0v) is 17.6. The highest BCUT2D eigenvalue weighted by atomic mass is 35.5. The number of phenolic OH excluding ortho intramolecular Hbond substituents is 1. The molecule has 10 heteroatoms. The van der Waals surface area contributed by atoms with Gasteiger partial charge in [-0.05, 0) is 35.9 Å². The van der Waals surface area contributed by atoms with Gasteiger partial charge in [0.05, 0.1) is 16.3 Å². The average molecular weight is 466 g/mol. The summed E-state index contributed by atoms with van der Waals surface area (Å²) in [6.07, 6.45) is 1.46. The summed E-state index contributed by atoms with van der Waals surface area (Å²) in [7, 11) is 0. The van der Waals surface area contributed by atoms with E-state index in [1.165, 1.54) is 43.7 Å². The van der Waals surface area contributed by atoms with Crippen molar-refractivity contribution in [3.05, 3.63) is 76.8 Å². The summed E-state index contributed by atoms with van der Waals surface area (Å²) in [6.45, 7) is 2.31. The number of halogens is 4. The number of hydrogen-bond acceptors (Lipinski definition) is 5. The van der Waals surface area contributed by atoms with Crippen molar-refractivity contribution in [2.45, 2.75) is 13.1 Å². The van der Waals surface area contributed by atoms with Crippen LogP contribution in [0.5, 0.6) is 5.75 Å². The van der Waals surface area contributed by atoms with Crippen LogP contribution in [0, 0.1) is 0 Å². The molecule has 0 unspecified atom stereocenters. The molecular weight excluding hydrogens is 447 g/mol. The molecule has 32 heavy (non-hydrogen) atoms. The van der Waals surface area contributed by atoms with Crippen LogP contribution >= 0.6 is 11.6 Å². The molecule has 1 aliphatic rings. The molecule has 0 radical (unpaired) electrons. The van der Waals surface area contributed by atoms with E-state index in [-0.39, 0.29) is 17.2 Å². The zero-order chi connectivity index (χ0) is 23.3. The van der Waals surface area contributed by atoms with E-state index in [9.17, 15) is 23.1 Å². The third-order valence-corrected chi connectivity index (χ3v) is 4.70. The molecule has 0 aromatic heterocycles. The van der Waals surface area contributed by atoms with Gasteiger partial charge in [-0.2, -0.15) is 13.2 Å². The Bertz CT molecular complexity index is 1100. The fraction of sp³-hybridized carbons (Fsp3) is 0.182. The minimum absolute atomic E-state index is 0.0337. The summed E-state index contributed by atoms with van der Waals surface area (Å²) in [5.74, 6) is 0.186. The van der Waals surface area contributed by atoms with E-state index in [4.69, 9.17) is 16.3 Å². The lowest BCUT2D eigenvalue weighted by atomic mass is 10.1. The van der Waals surface area contributed by atoms with Gasteiger partial charge >= 0.3 is 6.18 Å². The Labute approximate surface area is 187 Å². The normalized spacial score (nSPS) is 13.8. The molecule has 0 fully saturated rings. The van der Waals surface area contributed by atoms with Crippen LogP contribution in [0.2, 0.25) is 5.02 Å². The van der Waals surface area contributed by atoms with Crippen LogP contribution in [0.15, 0.2) is 60.1 Å². The molecule has 0 aliphatic carbocycles. The summed E-state index contributed by atoms with van der Waals surface area (Å²) >= 11 is 5.66. The number of nitrogens with one attached hydrogen (secondary N) is 1. The van der Waals surface area contributed by atoms with Gasteiger partial charge in [-0.15, -0.1) is 0 Å². The molecule has 2 N–H and O–H groups in total. The van der Waals surface area contributed by atoms with Crippen LogP contribution in [-0.2, 0) is 15.7 Å². The molecule has 0 saturated heterocycles. The largest absolute Gasteiger partial charge is 0.508 e. The molecule has 0 spiro atoms. The van der Waals surface area contributed by atoms with Crippen LogP contribution in [0.1, 0.15) is 23.6 Å². The van der Waals surface area contributed by atoms with E-state index in [1.54, 1.807) is 17.3 Å². The van der Waals surface area contributed by atoms with E-state index in [0.29, 0.717) is 30.1 Å². The number of amides is 1. The fourth-order valence-electron chi connectivity index (χ4n) is 2.86. The second-order valence-electron chi connectivity index (χ2n) is 6.81. The average Bonchev–Trinajstić information content (AvgIpc) is 2.73. The Hall–Kier alpha value is -3.46. The highest BCUT2D eigenvalue weighted by Crippen LogP contribution is 2.35. The predicted octanol–water partition coefficient (Wildman–Crippen LogP) is 5.05. The monoisotopic (exact) mass is 465 g/mol. The molecule has 1 amide bonds. The molecule has 1 heterocycles. The first kappa shape index (κ1) is 23.2. The maximum absolute atomic E-state index is 13.1. The number of carbonyl (C=O) groups is 1. The second kappa shape index (κ2) is 9.78. The lowest BCUT2D eigenvalue weighted by Gasteiger charge is -2.22. The lowest BCUT2D eigenvalue weighted by Crippen LogP contribution is -2.29. The number of ether oxygens (including phenoxy) is 1. The molecule has 2 aromatic rings. The van der Waals surface area contributed by atoms with Gasteiger partial charge < -0.3 is 20.1 Å². The third kappa shape index (κ3) is 6.04. The lowest BCUT2D eigenvalue weighted by molar-refractivity contribution is -0.137. The van der Waals surface area contributed by atoms with Gasteiger partial charge in [-0.1, -0.05) is 17.7 Å². The van der Waals surface area contributed by atoms with Crippen molar-refractivity contribution in [1.29, 1.82) is 0 Å². The van der Waals surface area contributed by atoms with E-state index in [0.717, 1.165) is 12.1 Å². The number of aliphatic imine (C=N–C) groups is 1. The van der Waals surface area contributed by atoms with E-state index in [1.807, 2.05) is 0 Å². The number of carbonyl (C=O) groups excluding carboxylic acids is 1. The van der Waals surface area contributed by atoms with E-state index < -0.39 is 16.8 Å². The van der Waals surface area contributed by atoms with Crippen LogP contribution < -0.4 is 5.32 Å². The molecule has 0 saturated carbocycles. The van der Waals surface area contributed by atoms with Crippen molar-refractivity contribution in [2.24, 2.45) is 4.99 Å². The SMILES string of the molecule is CC(=O)NCCN1C=COC(c2cc(O)ccc2N=Cc2ccc(Cl)c(C(F)(F)F)c2)=C1. The van der Waals surface area contributed by atoms with Crippen LogP contribution in [0.25, 0.3) is 5.76 Å². The molecule has 6 nitrogen and oxygen atoms in total. The number of aromatic hydroxyl groups is 1. The highest BCUT2D eigenvalue weighted by molar-refractivity contribution is 6.31. The number of nitrogens with zero attached hydrogens (tertiary/aromatic N) is 2. The van der Waals surface area contributed by atoms with Crippen LogP contribution in [0.3, 0.4) is 0 Å². The number of phenols is 1. The van der Waals surface area contributed by atoms with Gasteiger partial charge in [-0.3, -0.25) is 9.79 Å². The Balaban J connectivity index is 1.87. The van der Waals surface area contributed by atoms with Crippen molar-refractivity contribution in [3.8, 4) is 5.75 Å². The summed E-state index contributed by atoms with van der Waals surface area (Å²) < 4.78 is 44.8. The minimum Gasteiger partial charge on any atom is -0.508 e. The van der Waals surface area contributed by atoms with E-state index in [2.05, 4.69) is 10.3 Å². The number of benzene rings is 2. The number of alkyl halides is 3. The standard InChI is InChI=1S/C22H19ClF3N3O3/c1-14(30)27-6-7-29-8-9-32-21(13-29)17-11-16(31)3-5-20(17)28-12-15-2-4-19(23)18(10-15)22(24,25)26/h2-5,8-13,31H,6-7H2,1H3,(H,27,30). The summed E-state index contributed by atoms with van der Waals surface area (Å²) in [6, 6.07) is 7.86. The quantitative estimate of drug-likeness (QED) is 0.585. The van der Waals surface area contributed by atoms with Crippen LogP contribution in [0.4, 0.5) is 18.9 Å². The van der Waals surface area contributed by atoms with E-state index >= 15 is 0 Å². The van der Waals surface area contributed by atoms with Crippen LogP contribution in [-0.4, -0.2) is 35.2 Å². The number of rotatable bonds is 6. The fourth-order valence-corrected chi connectivity index (χ4v) is 3.08. The zero-order valence-electron chi connectivity index (χ0n) is 16.9. The second-order valence-corrected chi connectivity index (χ2v) is 7.22. The number of hydrogen-bond donors (Lipinski definition) is 2. The summed E-state index contributed by atoms with van der Waals surface area (Å²) in [5, 5.41) is 12.2. The van der Waals surface area contributed by atoms with Crippen molar-refractivity contribution < 1.29 is 27.8 Å². The Morgan fingerprint density at radius 1 is 1.28 bits per heavy atom.